The smallest absolute Gasteiger partial charge is 0.145 e. The second-order valence-corrected chi connectivity index (χ2v) is 4.47. The zero-order valence-electron chi connectivity index (χ0n) is 10.6. The highest BCUT2D eigenvalue weighted by Gasteiger charge is 2.18. The van der Waals surface area contributed by atoms with Crippen LogP contribution in [0, 0.1) is 5.82 Å². The number of rotatable bonds is 5. The molecule has 0 aliphatic rings. The van der Waals surface area contributed by atoms with Crippen molar-refractivity contribution in [3.8, 4) is 0 Å². The maximum atomic E-state index is 13.1. The van der Waals surface area contributed by atoms with Crippen molar-refractivity contribution < 1.29 is 9.18 Å². The van der Waals surface area contributed by atoms with Crippen LogP contribution in [0.2, 0.25) is 0 Å². The molecule has 0 fully saturated rings. The van der Waals surface area contributed by atoms with Crippen LogP contribution in [-0.2, 0) is 11.2 Å². The standard InChI is InChI=1S/C16H16FNO/c17-14-8-4-5-12(9-14)10-16(19)15(11-18)13-6-2-1-3-7-13/h1-9,15H,10-11,18H2. The molecule has 2 aromatic carbocycles. The predicted molar refractivity (Wildman–Crippen MR) is 73.3 cm³/mol. The highest BCUT2D eigenvalue weighted by Crippen LogP contribution is 2.18. The zero-order chi connectivity index (χ0) is 13.7. The summed E-state index contributed by atoms with van der Waals surface area (Å²) in [6.45, 7) is 0.262. The topological polar surface area (TPSA) is 43.1 Å². The van der Waals surface area contributed by atoms with Crippen LogP contribution in [-0.4, -0.2) is 12.3 Å². The van der Waals surface area contributed by atoms with Crippen LogP contribution in [0.15, 0.2) is 54.6 Å². The van der Waals surface area contributed by atoms with Gasteiger partial charge in [-0.3, -0.25) is 4.79 Å². The summed E-state index contributed by atoms with van der Waals surface area (Å²) in [7, 11) is 0. The van der Waals surface area contributed by atoms with E-state index in [-0.39, 0.29) is 30.5 Å². The average molecular weight is 257 g/mol. The maximum absolute atomic E-state index is 13.1. The lowest BCUT2D eigenvalue weighted by molar-refractivity contribution is -0.119. The van der Waals surface area contributed by atoms with Crippen LogP contribution in [0.25, 0.3) is 0 Å². The molecule has 0 aliphatic heterocycles. The van der Waals surface area contributed by atoms with E-state index in [1.54, 1.807) is 12.1 Å². The van der Waals surface area contributed by atoms with Gasteiger partial charge in [0.15, 0.2) is 0 Å². The molecule has 0 bridgehead atoms. The molecule has 0 radical (unpaired) electrons. The number of carbonyl (C=O) groups is 1. The summed E-state index contributed by atoms with van der Waals surface area (Å²) in [6, 6.07) is 15.6. The summed E-state index contributed by atoms with van der Waals surface area (Å²) in [6.07, 6.45) is 0.203. The van der Waals surface area contributed by atoms with Crippen LogP contribution in [0.1, 0.15) is 17.0 Å². The van der Waals surface area contributed by atoms with Crippen LogP contribution in [0.3, 0.4) is 0 Å². The first-order valence-electron chi connectivity index (χ1n) is 6.23. The minimum absolute atomic E-state index is 0.0132. The van der Waals surface area contributed by atoms with E-state index < -0.39 is 0 Å². The first-order chi connectivity index (χ1) is 9.20. The first-order valence-corrected chi connectivity index (χ1v) is 6.23. The fourth-order valence-electron chi connectivity index (χ4n) is 2.11. The summed E-state index contributed by atoms with van der Waals surface area (Å²) in [5, 5.41) is 0. The molecule has 2 N–H and O–H groups in total. The zero-order valence-corrected chi connectivity index (χ0v) is 10.6. The third kappa shape index (κ3) is 3.48. The number of benzene rings is 2. The lowest BCUT2D eigenvalue weighted by Crippen LogP contribution is -2.23. The molecule has 98 valence electrons. The van der Waals surface area contributed by atoms with Gasteiger partial charge in [-0.25, -0.2) is 4.39 Å². The number of hydrogen-bond donors (Lipinski definition) is 1. The Morgan fingerprint density at radius 3 is 2.47 bits per heavy atom. The van der Waals surface area contributed by atoms with Crippen molar-refractivity contribution in [1.82, 2.24) is 0 Å². The van der Waals surface area contributed by atoms with Gasteiger partial charge in [-0.1, -0.05) is 42.5 Å². The minimum atomic E-state index is -0.329. The van der Waals surface area contributed by atoms with E-state index in [9.17, 15) is 9.18 Å². The number of hydrogen-bond acceptors (Lipinski definition) is 2. The lowest BCUT2D eigenvalue weighted by atomic mass is 9.91. The Morgan fingerprint density at radius 2 is 1.84 bits per heavy atom. The van der Waals surface area contributed by atoms with Crippen molar-refractivity contribution in [3.05, 3.63) is 71.5 Å². The quantitative estimate of drug-likeness (QED) is 0.895. The van der Waals surface area contributed by atoms with Gasteiger partial charge in [-0.15, -0.1) is 0 Å². The van der Waals surface area contributed by atoms with Gasteiger partial charge in [-0.2, -0.15) is 0 Å². The molecule has 19 heavy (non-hydrogen) atoms. The van der Waals surface area contributed by atoms with Gasteiger partial charge in [0.1, 0.15) is 11.6 Å². The van der Waals surface area contributed by atoms with E-state index in [1.165, 1.54) is 12.1 Å². The molecule has 0 saturated carbocycles. The van der Waals surface area contributed by atoms with E-state index in [0.29, 0.717) is 5.56 Å². The molecular formula is C16H16FNO. The second-order valence-electron chi connectivity index (χ2n) is 4.47. The Labute approximate surface area is 112 Å². The normalized spacial score (nSPS) is 12.1. The van der Waals surface area contributed by atoms with Crippen LogP contribution < -0.4 is 5.73 Å². The molecule has 2 rings (SSSR count). The van der Waals surface area contributed by atoms with Crippen molar-refractivity contribution in [2.75, 3.05) is 6.54 Å². The summed E-state index contributed by atoms with van der Waals surface area (Å²) in [5.41, 5.74) is 7.28. The molecule has 1 atom stereocenters. The van der Waals surface area contributed by atoms with Gasteiger partial charge in [0.05, 0.1) is 5.92 Å². The van der Waals surface area contributed by atoms with Gasteiger partial charge in [-0.05, 0) is 23.3 Å². The number of ketones is 1. The highest BCUT2D eigenvalue weighted by molar-refractivity contribution is 5.87. The monoisotopic (exact) mass is 257 g/mol. The van der Waals surface area contributed by atoms with Crippen molar-refractivity contribution in [2.24, 2.45) is 5.73 Å². The lowest BCUT2D eigenvalue weighted by Gasteiger charge is -2.14. The van der Waals surface area contributed by atoms with E-state index in [4.69, 9.17) is 5.73 Å². The van der Waals surface area contributed by atoms with Gasteiger partial charge in [0, 0.05) is 13.0 Å². The molecular weight excluding hydrogens is 241 g/mol. The number of nitrogens with two attached hydrogens (primary N) is 1. The van der Waals surface area contributed by atoms with E-state index in [0.717, 1.165) is 5.56 Å². The Morgan fingerprint density at radius 1 is 1.11 bits per heavy atom. The van der Waals surface area contributed by atoms with Crippen molar-refractivity contribution in [2.45, 2.75) is 12.3 Å². The molecule has 2 nitrogen and oxygen atoms in total. The fourth-order valence-corrected chi connectivity index (χ4v) is 2.11. The molecule has 0 heterocycles. The van der Waals surface area contributed by atoms with Gasteiger partial charge in [0.25, 0.3) is 0 Å². The Kier molecular flexibility index (Phi) is 4.42. The first kappa shape index (κ1) is 13.4. The van der Waals surface area contributed by atoms with Gasteiger partial charge < -0.3 is 5.73 Å². The summed E-state index contributed by atoms with van der Waals surface area (Å²) >= 11 is 0. The Hall–Kier alpha value is -2.00. The summed E-state index contributed by atoms with van der Waals surface area (Å²) < 4.78 is 13.1. The largest absolute Gasteiger partial charge is 0.329 e. The molecule has 2 aromatic rings. The van der Waals surface area contributed by atoms with E-state index >= 15 is 0 Å². The van der Waals surface area contributed by atoms with E-state index in [1.807, 2.05) is 30.3 Å². The third-order valence-corrected chi connectivity index (χ3v) is 3.09. The van der Waals surface area contributed by atoms with Gasteiger partial charge >= 0.3 is 0 Å². The van der Waals surface area contributed by atoms with E-state index in [2.05, 4.69) is 0 Å². The molecule has 1 unspecified atom stereocenters. The van der Waals surface area contributed by atoms with Crippen LogP contribution in [0.5, 0.6) is 0 Å². The molecule has 0 aliphatic carbocycles. The van der Waals surface area contributed by atoms with Crippen molar-refractivity contribution in [3.63, 3.8) is 0 Å². The Bertz CT molecular complexity index is 554. The predicted octanol–water partition coefficient (Wildman–Crippen LogP) is 2.68. The molecule has 0 aromatic heterocycles. The van der Waals surface area contributed by atoms with Crippen LogP contribution >= 0.6 is 0 Å². The SMILES string of the molecule is NCC(C(=O)Cc1cccc(F)c1)c1ccccc1. The molecule has 0 amide bonds. The summed E-state index contributed by atoms with van der Waals surface area (Å²) in [5.74, 6) is -0.641. The number of carbonyl (C=O) groups excluding carboxylic acids is 1. The highest BCUT2D eigenvalue weighted by atomic mass is 19.1. The summed E-state index contributed by atoms with van der Waals surface area (Å²) in [4.78, 5) is 12.3. The molecule has 0 saturated heterocycles. The maximum Gasteiger partial charge on any atom is 0.145 e. The van der Waals surface area contributed by atoms with Crippen molar-refractivity contribution in [1.29, 1.82) is 0 Å². The number of halogens is 1. The van der Waals surface area contributed by atoms with Gasteiger partial charge in [0.2, 0.25) is 0 Å². The average Bonchev–Trinajstić information content (AvgIpc) is 2.41. The minimum Gasteiger partial charge on any atom is -0.329 e. The van der Waals surface area contributed by atoms with Crippen molar-refractivity contribution >= 4 is 5.78 Å². The molecule has 0 spiro atoms. The molecule has 3 heteroatoms. The van der Waals surface area contributed by atoms with Crippen LogP contribution in [0.4, 0.5) is 4.39 Å². The number of Topliss-reactive ketones (excluding diaryl/α,β-unsaturated/α-hetero) is 1. The second kappa shape index (κ2) is 6.25. The Balaban J connectivity index is 2.14. The fraction of sp³-hybridized carbons (Fsp3) is 0.188. The third-order valence-electron chi connectivity index (χ3n) is 3.09.